The number of rotatable bonds is 1. The molecule has 0 aromatic heterocycles. The smallest absolute Gasteiger partial charge is 0.324 e. The molecular weight excluding hydrogens is 220 g/mol. The fourth-order valence-electron chi connectivity index (χ4n) is 2.07. The largest absolute Gasteiger partial charge is 0.332 e. The van der Waals surface area contributed by atoms with Crippen LogP contribution in [0.4, 0.5) is 4.79 Å². The summed E-state index contributed by atoms with van der Waals surface area (Å²) in [5.74, 6) is -0.490. The molecule has 1 N–H and O–H groups in total. The van der Waals surface area contributed by atoms with Gasteiger partial charge >= 0.3 is 6.03 Å². The van der Waals surface area contributed by atoms with Gasteiger partial charge in [-0.05, 0) is 0 Å². The topological polar surface area (TPSA) is 83.6 Å². The number of carbonyl (C=O) groups excluding carboxylic acids is 2. The summed E-state index contributed by atoms with van der Waals surface area (Å²) in [5, 5.41) is 2.52. The van der Waals surface area contributed by atoms with Crippen LogP contribution in [0.1, 0.15) is 13.3 Å². The minimum atomic E-state index is -3.11. The van der Waals surface area contributed by atoms with Crippen LogP contribution in [0.25, 0.3) is 0 Å². The molecule has 7 heteroatoms. The average molecular weight is 232 g/mol. The Balaban J connectivity index is 2.27. The molecule has 0 bridgehead atoms. The third-order valence-electron chi connectivity index (χ3n) is 2.75. The SMILES string of the molecule is CCC(=O)N1C(=O)N[C@@H]2CS(=O)(=O)C[C@H]21. The van der Waals surface area contributed by atoms with Crippen LogP contribution in [0.3, 0.4) is 0 Å². The van der Waals surface area contributed by atoms with E-state index in [2.05, 4.69) is 5.32 Å². The molecule has 0 unspecified atom stereocenters. The van der Waals surface area contributed by atoms with Crippen molar-refractivity contribution in [3.8, 4) is 0 Å². The summed E-state index contributed by atoms with van der Waals surface area (Å²) in [7, 11) is -3.11. The van der Waals surface area contributed by atoms with Crippen molar-refractivity contribution in [1.82, 2.24) is 10.2 Å². The predicted octanol–water partition coefficient (Wildman–Crippen LogP) is -0.886. The van der Waals surface area contributed by atoms with Crippen molar-refractivity contribution in [2.75, 3.05) is 11.5 Å². The molecule has 0 aromatic rings. The highest BCUT2D eigenvalue weighted by Crippen LogP contribution is 2.24. The van der Waals surface area contributed by atoms with E-state index in [1.807, 2.05) is 0 Å². The molecule has 2 fully saturated rings. The minimum Gasteiger partial charge on any atom is -0.332 e. The lowest BCUT2D eigenvalue weighted by Gasteiger charge is -2.17. The average Bonchev–Trinajstić information content (AvgIpc) is 2.54. The zero-order chi connectivity index (χ0) is 11.2. The molecule has 0 spiro atoms. The standard InChI is InChI=1S/C8H12N2O4S/c1-2-7(11)10-6-4-15(13,14)3-5(6)9-8(10)12/h5-6H,2-4H2,1H3,(H,9,12)/t5-,6-/m1/s1. The maximum absolute atomic E-state index is 11.4. The molecule has 2 aliphatic heterocycles. The molecular formula is C8H12N2O4S. The number of sulfone groups is 1. The van der Waals surface area contributed by atoms with Gasteiger partial charge in [-0.2, -0.15) is 0 Å². The van der Waals surface area contributed by atoms with Crippen LogP contribution in [0.2, 0.25) is 0 Å². The van der Waals surface area contributed by atoms with Crippen LogP contribution < -0.4 is 5.32 Å². The summed E-state index contributed by atoms with van der Waals surface area (Å²) in [6, 6.07) is -1.39. The van der Waals surface area contributed by atoms with Gasteiger partial charge in [0.05, 0.1) is 23.6 Å². The summed E-state index contributed by atoms with van der Waals surface area (Å²) in [4.78, 5) is 23.9. The Labute approximate surface area is 87.5 Å². The molecule has 6 nitrogen and oxygen atoms in total. The van der Waals surface area contributed by atoms with Gasteiger partial charge in [-0.25, -0.2) is 13.2 Å². The summed E-state index contributed by atoms with van der Waals surface area (Å²) in [5.41, 5.74) is 0. The van der Waals surface area contributed by atoms with Gasteiger partial charge in [0.15, 0.2) is 9.84 Å². The fraction of sp³-hybridized carbons (Fsp3) is 0.750. The minimum absolute atomic E-state index is 0.0586. The van der Waals surface area contributed by atoms with E-state index in [-0.39, 0.29) is 23.8 Å². The third kappa shape index (κ3) is 1.60. The molecule has 84 valence electrons. The van der Waals surface area contributed by atoms with Gasteiger partial charge in [-0.1, -0.05) is 6.92 Å². The molecule has 0 radical (unpaired) electrons. The molecule has 2 heterocycles. The Morgan fingerprint density at radius 3 is 2.80 bits per heavy atom. The summed E-state index contributed by atoms with van der Waals surface area (Å²) in [6.45, 7) is 1.65. The fourth-order valence-corrected chi connectivity index (χ4v) is 3.96. The van der Waals surface area contributed by atoms with Crippen molar-refractivity contribution < 1.29 is 18.0 Å². The second-order valence-corrected chi connectivity index (χ2v) is 5.97. The maximum atomic E-state index is 11.4. The van der Waals surface area contributed by atoms with Gasteiger partial charge in [0.1, 0.15) is 0 Å². The summed E-state index contributed by atoms with van der Waals surface area (Å²) < 4.78 is 22.6. The molecule has 15 heavy (non-hydrogen) atoms. The van der Waals surface area contributed by atoms with E-state index in [1.54, 1.807) is 6.92 Å². The van der Waals surface area contributed by atoms with Gasteiger partial charge < -0.3 is 5.32 Å². The van der Waals surface area contributed by atoms with Gasteiger partial charge in [-0.3, -0.25) is 9.69 Å². The molecule has 2 saturated heterocycles. The number of carbonyl (C=O) groups is 2. The van der Waals surface area contributed by atoms with Crippen molar-refractivity contribution in [2.45, 2.75) is 25.4 Å². The molecule has 0 aromatic carbocycles. The Hall–Kier alpha value is -1.11. The first-order valence-electron chi connectivity index (χ1n) is 4.77. The number of hydrogen-bond acceptors (Lipinski definition) is 4. The molecule has 0 aliphatic carbocycles. The zero-order valence-electron chi connectivity index (χ0n) is 8.26. The van der Waals surface area contributed by atoms with E-state index in [4.69, 9.17) is 0 Å². The van der Waals surface area contributed by atoms with Crippen LogP contribution >= 0.6 is 0 Å². The van der Waals surface area contributed by atoms with Crippen LogP contribution in [0, 0.1) is 0 Å². The summed E-state index contributed by atoms with van der Waals surface area (Å²) >= 11 is 0. The predicted molar refractivity (Wildman–Crippen MR) is 51.9 cm³/mol. The van der Waals surface area contributed by atoms with Crippen LogP contribution in [0.15, 0.2) is 0 Å². The first kappa shape index (κ1) is 10.4. The molecule has 2 rings (SSSR count). The van der Waals surface area contributed by atoms with Crippen LogP contribution in [-0.4, -0.2) is 48.8 Å². The number of hydrogen-bond donors (Lipinski definition) is 1. The van der Waals surface area contributed by atoms with Gasteiger partial charge in [-0.15, -0.1) is 0 Å². The highest BCUT2D eigenvalue weighted by atomic mass is 32.2. The first-order valence-corrected chi connectivity index (χ1v) is 6.59. The van der Waals surface area contributed by atoms with E-state index in [9.17, 15) is 18.0 Å². The number of fused-ring (bicyclic) bond motifs is 1. The lowest BCUT2D eigenvalue weighted by atomic mass is 10.2. The van der Waals surface area contributed by atoms with Gasteiger partial charge in [0.2, 0.25) is 5.91 Å². The first-order chi connectivity index (χ1) is 6.94. The van der Waals surface area contributed by atoms with Crippen LogP contribution in [0.5, 0.6) is 0 Å². The lowest BCUT2D eigenvalue weighted by Crippen LogP contribution is -2.41. The number of nitrogens with one attached hydrogen (secondary N) is 1. The molecule has 2 atom stereocenters. The summed E-state index contributed by atoms with van der Waals surface area (Å²) in [6.07, 6.45) is 0.205. The normalized spacial score (nSPS) is 32.6. The Morgan fingerprint density at radius 2 is 2.20 bits per heavy atom. The quantitative estimate of drug-likeness (QED) is 0.595. The Morgan fingerprint density at radius 1 is 1.53 bits per heavy atom. The number of nitrogens with zero attached hydrogens (tertiary/aromatic N) is 1. The second-order valence-electron chi connectivity index (χ2n) is 3.82. The molecule has 0 saturated carbocycles. The second kappa shape index (κ2) is 3.19. The number of amides is 3. The van der Waals surface area contributed by atoms with Crippen molar-refractivity contribution in [3.63, 3.8) is 0 Å². The highest BCUT2D eigenvalue weighted by Gasteiger charge is 2.50. The van der Waals surface area contributed by atoms with E-state index >= 15 is 0 Å². The van der Waals surface area contributed by atoms with Crippen LogP contribution in [-0.2, 0) is 14.6 Å². The monoisotopic (exact) mass is 232 g/mol. The van der Waals surface area contributed by atoms with E-state index in [1.165, 1.54) is 0 Å². The molecule has 2 aliphatic rings. The van der Waals surface area contributed by atoms with E-state index < -0.39 is 28.0 Å². The van der Waals surface area contributed by atoms with E-state index in [0.29, 0.717) is 0 Å². The third-order valence-corrected chi connectivity index (χ3v) is 4.47. The lowest BCUT2D eigenvalue weighted by molar-refractivity contribution is -0.128. The van der Waals surface area contributed by atoms with Gasteiger partial charge in [0, 0.05) is 6.42 Å². The van der Waals surface area contributed by atoms with Gasteiger partial charge in [0.25, 0.3) is 0 Å². The van der Waals surface area contributed by atoms with Crippen molar-refractivity contribution in [2.24, 2.45) is 0 Å². The van der Waals surface area contributed by atoms with Crippen molar-refractivity contribution >= 4 is 21.8 Å². The van der Waals surface area contributed by atoms with E-state index in [0.717, 1.165) is 4.90 Å². The maximum Gasteiger partial charge on any atom is 0.324 e. The highest BCUT2D eigenvalue weighted by molar-refractivity contribution is 7.91. The molecule has 3 amide bonds. The number of imide groups is 1. The zero-order valence-corrected chi connectivity index (χ0v) is 9.08. The number of urea groups is 1. The van der Waals surface area contributed by atoms with Crippen molar-refractivity contribution in [1.29, 1.82) is 0 Å². The Bertz CT molecular complexity index is 408. The van der Waals surface area contributed by atoms with Crippen molar-refractivity contribution in [3.05, 3.63) is 0 Å². The Kier molecular flexibility index (Phi) is 2.22.